The first-order valence-corrected chi connectivity index (χ1v) is 7.19. The maximum absolute atomic E-state index is 12.8. The summed E-state index contributed by atoms with van der Waals surface area (Å²) in [6.07, 6.45) is -2.72. The van der Waals surface area contributed by atoms with Gasteiger partial charge in [-0.1, -0.05) is 18.2 Å². The number of nitrogens with zero attached hydrogens (tertiary/aromatic N) is 4. The van der Waals surface area contributed by atoms with Crippen LogP contribution < -0.4 is 10.6 Å². The van der Waals surface area contributed by atoms with Gasteiger partial charge in [0.1, 0.15) is 5.82 Å². The van der Waals surface area contributed by atoms with Gasteiger partial charge < -0.3 is 10.6 Å². The van der Waals surface area contributed by atoms with Gasteiger partial charge in [-0.25, -0.2) is 8.78 Å². The van der Waals surface area contributed by atoms with Crippen molar-refractivity contribution >= 4 is 17.2 Å². The van der Waals surface area contributed by atoms with E-state index in [0.29, 0.717) is 18.0 Å². The van der Waals surface area contributed by atoms with E-state index in [1.165, 1.54) is 0 Å². The molecule has 0 aliphatic rings. The molecule has 2 heterocycles. The maximum atomic E-state index is 12.8. The molecule has 0 bridgehead atoms. The Kier molecular flexibility index (Phi) is 4.31. The molecule has 8 heteroatoms. The zero-order valence-corrected chi connectivity index (χ0v) is 12.4. The zero-order valence-electron chi connectivity index (χ0n) is 12.4. The number of alkyl halides is 2. The van der Waals surface area contributed by atoms with Crippen LogP contribution in [0.2, 0.25) is 0 Å². The van der Waals surface area contributed by atoms with Crippen molar-refractivity contribution in [3.63, 3.8) is 0 Å². The van der Waals surface area contributed by atoms with E-state index in [1.54, 1.807) is 12.1 Å². The predicted molar refractivity (Wildman–Crippen MR) is 83.8 cm³/mol. The fourth-order valence-electron chi connectivity index (χ4n) is 2.16. The molecular formula is C15H16F2N6. The lowest BCUT2D eigenvalue weighted by atomic mass is 10.2. The van der Waals surface area contributed by atoms with Gasteiger partial charge in [0, 0.05) is 18.3 Å². The Morgan fingerprint density at radius 3 is 2.61 bits per heavy atom. The number of para-hydroxylation sites is 1. The van der Waals surface area contributed by atoms with E-state index < -0.39 is 12.2 Å². The summed E-state index contributed by atoms with van der Waals surface area (Å²) in [5.41, 5.74) is 1.31. The second-order valence-corrected chi connectivity index (χ2v) is 5.14. The Bertz CT molecular complexity index is 774. The van der Waals surface area contributed by atoms with Gasteiger partial charge in [0.05, 0.1) is 0 Å². The molecule has 3 aromatic rings. The molecular weight excluding hydrogens is 302 g/mol. The summed E-state index contributed by atoms with van der Waals surface area (Å²) in [6, 6.07) is 13.2. The van der Waals surface area contributed by atoms with Crippen LogP contribution in [0.5, 0.6) is 0 Å². The molecule has 0 fully saturated rings. The van der Waals surface area contributed by atoms with Gasteiger partial charge in [-0.05, 0) is 31.2 Å². The SMILES string of the molecule is CC(CNc1ccc2nnc(C(F)F)n2n1)Nc1ccccc1. The first kappa shape index (κ1) is 15.1. The highest BCUT2D eigenvalue weighted by molar-refractivity contribution is 5.46. The van der Waals surface area contributed by atoms with Crippen LogP contribution in [-0.4, -0.2) is 32.4 Å². The van der Waals surface area contributed by atoms with Crippen LogP contribution in [0.15, 0.2) is 42.5 Å². The van der Waals surface area contributed by atoms with E-state index >= 15 is 0 Å². The van der Waals surface area contributed by atoms with Crippen LogP contribution >= 0.6 is 0 Å². The Morgan fingerprint density at radius 2 is 1.87 bits per heavy atom. The van der Waals surface area contributed by atoms with Crippen molar-refractivity contribution in [2.45, 2.75) is 19.4 Å². The molecule has 0 aliphatic heterocycles. The van der Waals surface area contributed by atoms with E-state index in [1.807, 2.05) is 37.3 Å². The molecule has 23 heavy (non-hydrogen) atoms. The Morgan fingerprint density at radius 1 is 1.09 bits per heavy atom. The largest absolute Gasteiger partial charge is 0.381 e. The number of benzene rings is 1. The normalized spacial score (nSPS) is 12.5. The van der Waals surface area contributed by atoms with Gasteiger partial charge in [0.2, 0.25) is 5.82 Å². The fraction of sp³-hybridized carbons (Fsp3) is 0.267. The zero-order chi connectivity index (χ0) is 16.2. The summed E-state index contributed by atoms with van der Waals surface area (Å²) in [5.74, 6) is 0.0278. The Balaban J connectivity index is 1.66. The topological polar surface area (TPSA) is 67.1 Å². The summed E-state index contributed by atoms with van der Waals surface area (Å²) in [4.78, 5) is 0. The van der Waals surface area contributed by atoms with Crippen molar-refractivity contribution in [2.75, 3.05) is 17.2 Å². The minimum absolute atomic E-state index is 0.130. The number of rotatable bonds is 6. The third-order valence-electron chi connectivity index (χ3n) is 3.26. The van der Waals surface area contributed by atoms with Crippen molar-refractivity contribution in [1.82, 2.24) is 19.8 Å². The highest BCUT2D eigenvalue weighted by Crippen LogP contribution is 2.17. The van der Waals surface area contributed by atoms with Crippen LogP contribution in [0.1, 0.15) is 19.2 Å². The van der Waals surface area contributed by atoms with Gasteiger partial charge in [0.15, 0.2) is 5.65 Å². The summed E-state index contributed by atoms with van der Waals surface area (Å²) in [6.45, 7) is 2.60. The third kappa shape index (κ3) is 3.53. The molecule has 1 aromatic carbocycles. The molecule has 0 radical (unpaired) electrons. The Labute approximate surface area is 131 Å². The molecule has 3 rings (SSSR count). The number of hydrogen-bond acceptors (Lipinski definition) is 5. The minimum atomic E-state index is -2.72. The molecule has 120 valence electrons. The highest BCUT2D eigenvalue weighted by atomic mass is 19.3. The van der Waals surface area contributed by atoms with Gasteiger partial charge in [-0.3, -0.25) is 0 Å². The van der Waals surface area contributed by atoms with Crippen molar-refractivity contribution in [1.29, 1.82) is 0 Å². The van der Waals surface area contributed by atoms with Crippen LogP contribution in [0, 0.1) is 0 Å². The molecule has 2 aromatic heterocycles. The number of halogens is 2. The molecule has 0 saturated heterocycles. The van der Waals surface area contributed by atoms with Crippen LogP contribution in [0.3, 0.4) is 0 Å². The molecule has 0 amide bonds. The monoisotopic (exact) mass is 318 g/mol. The van der Waals surface area contributed by atoms with Crippen LogP contribution in [-0.2, 0) is 0 Å². The lowest BCUT2D eigenvalue weighted by Gasteiger charge is -2.16. The first-order chi connectivity index (χ1) is 11.1. The number of hydrogen-bond donors (Lipinski definition) is 2. The first-order valence-electron chi connectivity index (χ1n) is 7.19. The minimum Gasteiger partial charge on any atom is -0.381 e. The fourth-order valence-corrected chi connectivity index (χ4v) is 2.16. The predicted octanol–water partition coefficient (Wildman–Crippen LogP) is 2.97. The molecule has 1 atom stereocenters. The highest BCUT2D eigenvalue weighted by Gasteiger charge is 2.17. The van der Waals surface area contributed by atoms with E-state index in [4.69, 9.17) is 0 Å². The van der Waals surface area contributed by atoms with Crippen molar-refractivity contribution in [2.24, 2.45) is 0 Å². The average molecular weight is 318 g/mol. The number of anilines is 2. The lowest BCUT2D eigenvalue weighted by molar-refractivity contribution is 0.137. The molecule has 0 spiro atoms. The van der Waals surface area contributed by atoms with E-state index in [9.17, 15) is 8.78 Å². The molecule has 0 aliphatic carbocycles. The van der Waals surface area contributed by atoms with Crippen molar-refractivity contribution in [3.8, 4) is 0 Å². The standard InChI is InChI=1S/C15H16F2N6/c1-10(19-11-5-3-2-4-6-11)9-18-12-7-8-13-20-21-15(14(16)17)23(13)22-12/h2-8,10,14,19H,9H2,1H3,(H,18,22). The molecule has 0 saturated carbocycles. The van der Waals surface area contributed by atoms with Gasteiger partial charge in [-0.15, -0.1) is 15.3 Å². The quantitative estimate of drug-likeness (QED) is 0.731. The second kappa shape index (κ2) is 6.55. The average Bonchev–Trinajstić information content (AvgIpc) is 2.97. The third-order valence-corrected chi connectivity index (χ3v) is 3.26. The van der Waals surface area contributed by atoms with Crippen LogP contribution in [0.4, 0.5) is 20.3 Å². The van der Waals surface area contributed by atoms with E-state index in [2.05, 4.69) is 25.9 Å². The second-order valence-electron chi connectivity index (χ2n) is 5.14. The van der Waals surface area contributed by atoms with E-state index in [-0.39, 0.29) is 6.04 Å². The summed E-state index contributed by atoms with van der Waals surface area (Å²) >= 11 is 0. The summed E-state index contributed by atoms with van der Waals surface area (Å²) in [7, 11) is 0. The number of aromatic nitrogens is 4. The van der Waals surface area contributed by atoms with E-state index in [0.717, 1.165) is 10.2 Å². The Hall–Kier alpha value is -2.77. The number of fused-ring (bicyclic) bond motifs is 1. The van der Waals surface area contributed by atoms with Gasteiger partial charge >= 0.3 is 0 Å². The summed E-state index contributed by atoms with van der Waals surface area (Å²) < 4.78 is 26.7. The van der Waals surface area contributed by atoms with Gasteiger partial charge in [-0.2, -0.15) is 4.52 Å². The lowest BCUT2D eigenvalue weighted by Crippen LogP contribution is -2.25. The van der Waals surface area contributed by atoms with Crippen molar-refractivity contribution < 1.29 is 8.78 Å². The molecule has 6 nitrogen and oxygen atoms in total. The van der Waals surface area contributed by atoms with Crippen molar-refractivity contribution in [3.05, 3.63) is 48.3 Å². The van der Waals surface area contributed by atoms with Crippen LogP contribution in [0.25, 0.3) is 5.65 Å². The van der Waals surface area contributed by atoms with Gasteiger partial charge in [0.25, 0.3) is 6.43 Å². The smallest absolute Gasteiger partial charge is 0.299 e. The molecule has 2 N–H and O–H groups in total. The molecule has 1 unspecified atom stereocenters. The summed E-state index contributed by atoms with van der Waals surface area (Å²) in [5, 5.41) is 17.7. The number of nitrogens with one attached hydrogen (secondary N) is 2. The maximum Gasteiger partial charge on any atom is 0.299 e.